The molecule has 0 fully saturated rings. The SMILES string of the molecule is COc1cccc2oc(-c3cnc4c(-c5ccccc5)c(C)[nH]n4c3=O)nc12. The van der Waals surface area contributed by atoms with Crippen molar-refractivity contribution in [2.24, 2.45) is 0 Å². The molecule has 0 aliphatic carbocycles. The molecule has 5 aromatic rings. The Labute approximate surface area is 159 Å². The molecule has 0 bridgehead atoms. The maximum Gasteiger partial charge on any atom is 0.285 e. The monoisotopic (exact) mass is 372 g/mol. The standard InChI is InChI=1S/C21H16N4O3/c1-12-17(13-7-4-3-5-8-13)19-22-11-14(21(26)25(19)24-12)20-23-18-15(27-2)9-6-10-16(18)28-20/h3-11,24H,1-2H3. The molecule has 138 valence electrons. The molecule has 7 nitrogen and oxygen atoms in total. The summed E-state index contributed by atoms with van der Waals surface area (Å²) >= 11 is 0. The van der Waals surface area contributed by atoms with Crippen molar-refractivity contribution in [1.29, 1.82) is 0 Å². The summed E-state index contributed by atoms with van der Waals surface area (Å²) in [6.07, 6.45) is 1.51. The number of aromatic nitrogens is 4. The topological polar surface area (TPSA) is 85.4 Å². The fourth-order valence-corrected chi connectivity index (χ4v) is 3.43. The summed E-state index contributed by atoms with van der Waals surface area (Å²) in [5, 5.41) is 3.11. The highest BCUT2D eigenvalue weighted by atomic mass is 16.5. The third kappa shape index (κ3) is 2.33. The minimum absolute atomic E-state index is 0.208. The van der Waals surface area contributed by atoms with Crippen LogP contribution < -0.4 is 10.3 Å². The number of aryl methyl sites for hydroxylation is 1. The highest BCUT2D eigenvalue weighted by Crippen LogP contribution is 2.30. The van der Waals surface area contributed by atoms with Crippen LogP contribution in [0.4, 0.5) is 0 Å². The average molecular weight is 372 g/mol. The van der Waals surface area contributed by atoms with Crippen molar-refractivity contribution in [2.75, 3.05) is 7.11 Å². The van der Waals surface area contributed by atoms with Crippen LogP contribution in [0.5, 0.6) is 5.75 Å². The van der Waals surface area contributed by atoms with E-state index in [-0.39, 0.29) is 17.0 Å². The molecule has 2 aromatic carbocycles. The number of benzene rings is 2. The molecule has 0 atom stereocenters. The zero-order chi connectivity index (χ0) is 19.3. The minimum atomic E-state index is -0.277. The first-order chi connectivity index (χ1) is 13.7. The quantitative estimate of drug-likeness (QED) is 0.520. The third-order valence-electron chi connectivity index (χ3n) is 4.73. The first-order valence-electron chi connectivity index (χ1n) is 8.77. The van der Waals surface area contributed by atoms with Gasteiger partial charge in [0.2, 0.25) is 5.89 Å². The van der Waals surface area contributed by atoms with Gasteiger partial charge in [0.1, 0.15) is 11.3 Å². The van der Waals surface area contributed by atoms with E-state index in [1.165, 1.54) is 10.7 Å². The van der Waals surface area contributed by atoms with Crippen molar-refractivity contribution in [3.8, 4) is 28.3 Å². The third-order valence-corrected chi connectivity index (χ3v) is 4.73. The number of para-hydroxylation sites is 1. The first kappa shape index (κ1) is 16.3. The van der Waals surface area contributed by atoms with Gasteiger partial charge in [-0.2, -0.15) is 0 Å². The minimum Gasteiger partial charge on any atom is -0.494 e. The van der Waals surface area contributed by atoms with Crippen LogP contribution in [0.3, 0.4) is 0 Å². The van der Waals surface area contributed by atoms with Crippen LogP contribution in [0.2, 0.25) is 0 Å². The van der Waals surface area contributed by atoms with Gasteiger partial charge in [-0.3, -0.25) is 9.89 Å². The number of aromatic amines is 1. The molecular formula is C21H16N4O3. The lowest BCUT2D eigenvalue weighted by atomic mass is 10.1. The molecule has 5 rings (SSSR count). The Bertz CT molecular complexity index is 1380. The first-order valence-corrected chi connectivity index (χ1v) is 8.77. The van der Waals surface area contributed by atoms with Gasteiger partial charge < -0.3 is 9.15 Å². The smallest absolute Gasteiger partial charge is 0.285 e. The Hall–Kier alpha value is -3.87. The average Bonchev–Trinajstić information content (AvgIpc) is 3.29. The lowest BCUT2D eigenvalue weighted by Crippen LogP contribution is -2.17. The predicted molar refractivity (Wildman–Crippen MR) is 106 cm³/mol. The van der Waals surface area contributed by atoms with Crippen LogP contribution in [-0.4, -0.2) is 26.7 Å². The largest absolute Gasteiger partial charge is 0.494 e. The van der Waals surface area contributed by atoms with E-state index in [2.05, 4.69) is 15.1 Å². The molecule has 7 heteroatoms. The van der Waals surface area contributed by atoms with Gasteiger partial charge in [-0.15, -0.1) is 0 Å². The second-order valence-electron chi connectivity index (χ2n) is 6.44. The van der Waals surface area contributed by atoms with E-state index in [1.807, 2.05) is 43.3 Å². The van der Waals surface area contributed by atoms with Crippen LogP contribution in [0.1, 0.15) is 5.69 Å². The van der Waals surface area contributed by atoms with Gasteiger partial charge in [0.25, 0.3) is 5.56 Å². The second kappa shape index (κ2) is 6.09. The summed E-state index contributed by atoms with van der Waals surface area (Å²) in [5.41, 5.74) is 4.41. The number of hydrogen-bond donors (Lipinski definition) is 1. The highest BCUT2D eigenvalue weighted by molar-refractivity contribution is 5.83. The van der Waals surface area contributed by atoms with Crippen LogP contribution in [-0.2, 0) is 0 Å². The maximum atomic E-state index is 13.1. The molecule has 3 heterocycles. The van der Waals surface area contributed by atoms with Crippen LogP contribution in [0.25, 0.3) is 39.3 Å². The van der Waals surface area contributed by atoms with E-state index < -0.39 is 0 Å². The van der Waals surface area contributed by atoms with Crippen molar-refractivity contribution < 1.29 is 9.15 Å². The number of oxazole rings is 1. The van der Waals surface area contributed by atoms with Crippen molar-refractivity contribution in [1.82, 2.24) is 19.6 Å². The van der Waals surface area contributed by atoms with Gasteiger partial charge in [-0.1, -0.05) is 36.4 Å². The Balaban J connectivity index is 1.73. The number of hydrogen-bond acceptors (Lipinski definition) is 5. The fourth-order valence-electron chi connectivity index (χ4n) is 3.43. The summed E-state index contributed by atoms with van der Waals surface area (Å²) in [7, 11) is 1.57. The molecule has 0 amide bonds. The number of rotatable bonds is 3. The Morgan fingerprint density at radius 3 is 2.71 bits per heavy atom. The number of H-pyrrole nitrogens is 1. The molecule has 0 aliphatic heterocycles. The molecular weight excluding hydrogens is 356 g/mol. The van der Waals surface area contributed by atoms with Gasteiger partial charge in [0.15, 0.2) is 16.7 Å². The van der Waals surface area contributed by atoms with Gasteiger partial charge in [0.05, 0.1) is 7.11 Å². The molecule has 0 saturated carbocycles. The zero-order valence-electron chi connectivity index (χ0n) is 15.3. The van der Waals surface area contributed by atoms with E-state index in [1.54, 1.807) is 19.2 Å². The number of ether oxygens (including phenoxy) is 1. The molecule has 0 radical (unpaired) electrons. The summed E-state index contributed by atoms with van der Waals surface area (Å²) in [6, 6.07) is 15.2. The van der Waals surface area contributed by atoms with E-state index in [0.29, 0.717) is 22.5 Å². The molecule has 0 spiro atoms. The van der Waals surface area contributed by atoms with Gasteiger partial charge >= 0.3 is 0 Å². The molecule has 28 heavy (non-hydrogen) atoms. The fraction of sp³-hybridized carbons (Fsp3) is 0.0952. The number of methoxy groups -OCH3 is 1. The Kier molecular flexibility index (Phi) is 3.55. The van der Waals surface area contributed by atoms with Crippen molar-refractivity contribution >= 4 is 16.7 Å². The lowest BCUT2D eigenvalue weighted by Gasteiger charge is -2.00. The predicted octanol–water partition coefficient (Wildman–Crippen LogP) is 3.81. The van der Waals surface area contributed by atoms with Gasteiger partial charge in [-0.25, -0.2) is 14.5 Å². The van der Waals surface area contributed by atoms with Crippen molar-refractivity contribution in [2.45, 2.75) is 6.92 Å². The second-order valence-corrected chi connectivity index (χ2v) is 6.44. The maximum absolute atomic E-state index is 13.1. The molecule has 0 aliphatic rings. The van der Waals surface area contributed by atoms with Gasteiger partial charge in [-0.05, 0) is 24.6 Å². The van der Waals surface area contributed by atoms with Crippen LogP contribution in [0.15, 0.2) is 63.9 Å². The number of nitrogens with one attached hydrogen (secondary N) is 1. The lowest BCUT2D eigenvalue weighted by molar-refractivity contribution is 0.419. The summed E-state index contributed by atoms with van der Waals surface area (Å²) < 4.78 is 12.5. The summed E-state index contributed by atoms with van der Waals surface area (Å²) in [4.78, 5) is 22.1. The number of nitrogens with zero attached hydrogens (tertiary/aromatic N) is 3. The summed E-state index contributed by atoms with van der Waals surface area (Å²) in [6.45, 7) is 1.92. The molecule has 0 saturated heterocycles. The molecule has 3 aromatic heterocycles. The van der Waals surface area contributed by atoms with Crippen LogP contribution >= 0.6 is 0 Å². The van der Waals surface area contributed by atoms with E-state index >= 15 is 0 Å². The molecule has 1 N–H and O–H groups in total. The van der Waals surface area contributed by atoms with Crippen LogP contribution in [0, 0.1) is 6.92 Å². The van der Waals surface area contributed by atoms with Crippen molar-refractivity contribution in [3.05, 3.63) is 70.8 Å². The number of fused-ring (bicyclic) bond motifs is 2. The zero-order valence-corrected chi connectivity index (χ0v) is 15.3. The Morgan fingerprint density at radius 1 is 1.11 bits per heavy atom. The highest BCUT2D eigenvalue weighted by Gasteiger charge is 2.19. The molecule has 0 unspecified atom stereocenters. The van der Waals surface area contributed by atoms with Crippen molar-refractivity contribution in [3.63, 3.8) is 0 Å². The summed E-state index contributed by atoms with van der Waals surface area (Å²) in [5.74, 6) is 0.795. The van der Waals surface area contributed by atoms with E-state index in [4.69, 9.17) is 9.15 Å². The Morgan fingerprint density at radius 2 is 1.93 bits per heavy atom. The van der Waals surface area contributed by atoms with Gasteiger partial charge in [0, 0.05) is 17.5 Å². The van der Waals surface area contributed by atoms with E-state index in [0.717, 1.165) is 16.8 Å². The normalized spacial score (nSPS) is 11.4. The van der Waals surface area contributed by atoms with E-state index in [9.17, 15) is 4.79 Å².